The molecule has 1 aliphatic carbocycles. The maximum atomic E-state index is 12.8. The predicted octanol–water partition coefficient (Wildman–Crippen LogP) is 7.73. The molecule has 15 heteroatoms. The highest BCUT2D eigenvalue weighted by Gasteiger charge is 2.44. The number of carbonyl (C=O) groups excluding carboxylic acids is 1. The van der Waals surface area contributed by atoms with Crippen molar-refractivity contribution in [3.8, 4) is 0 Å². The molecule has 2 aromatic rings. The molecule has 0 bridgehead atoms. The van der Waals surface area contributed by atoms with E-state index in [1.54, 1.807) is 11.9 Å². The lowest BCUT2D eigenvalue weighted by Crippen LogP contribution is -2.30. The van der Waals surface area contributed by atoms with Crippen LogP contribution in [0.15, 0.2) is 95.4 Å². The number of para-hydroxylation sites is 2. The molecule has 0 saturated heterocycles. The Bertz CT molecular complexity index is 2340. The zero-order valence-corrected chi connectivity index (χ0v) is 37.7. The summed E-state index contributed by atoms with van der Waals surface area (Å²) in [5.41, 5.74) is 7.77. The van der Waals surface area contributed by atoms with Crippen LogP contribution in [-0.2, 0) is 45.4 Å². The van der Waals surface area contributed by atoms with Gasteiger partial charge in [0.25, 0.3) is 20.2 Å². The Labute approximate surface area is 361 Å². The molecule has 0 unspecified atom stereocenters. The molecule has 2 aromatic carbocycles. The van der Waals surface area contributed by atoms with Crippen molar-refractivity contribution in [2.45, 2.75) is 103 Å². The molecule has 2 aliphatic heterocycles. The summed E-state index contributed by atoms with van der Waals surface area (Å²) < 4.78 is 73.5. The monoisotopic (exact) mass is 880 g/mol. The molecule has 1 amide bonds. The standard InChI is InChI=1S/C46H61N3O10S2/c1-45(2)36-18-6-8-20-38(36)48(28-10-12-32-60(53,54)55)40(45)26-24-34-16-14-17-35(44(34)59-31-30-47(5)42(50)22-15-23-43(51)52)25-27-41-46(3,4)37-19-7-9-21-39(37)49(41)29-11-13-33-61(56,57)58/h6-9,18-21,24-27H,10-17,22-23,28-33H2,1-5H3,(H2-,51,52,53,54,55,56,57,58)/p+1. The molecule has 0 fully saturated rings. The second-order valence-corrected chi connectivity index (χ2v) is 20.3. The Morgan fingerprint density at radius 3 is 2.16 bits per heavy atom. The first-order valence-electron chi connectivity index (χ1n) is 21.1. The van der Waals surface area contributed by atoms with E-state index < -0.39 is 26.2 Å². The highest BCUT2D eigenvalue weighted by molar-refractivity contribution is 7.86. The average molecular weight is 881 g/mol. The Morgan fingerprint density at radius 1 is 0.820 bits per heavy atom. The molecule has 0 aromatic heterocycles. The lowest BCUT2D eigenvalue weighted by molar-refractivity contribution is -0.438. The minimum Gasteiger partial charge on any atom is -0.491 e. The van der Waals surface area contributed by atoms with Gasteiger partial charge in [-0.2, -0.15) is 21.4 Å². The number of anilines is 1. The predicted molar refractivity (Wildman–Crippen MR) is 239 cm³/mol. The Morgan fingerprint density at radius 2 is 1.48 bits per heavy atom. The van der Waals surface area contributed by atoms with Gasteiger partial charge in [-0.15, -0.1) is 0 Å². The molecule has 3 N–H and O–H groups in total. The van der Waals surface area contributed by atoms with E-state index in [2.05, 4.69) is 85.7 Å². The molecule has 332 valence electrons. The maximum Gasteiger partial charge on any atom is 0.303 e. The summed E-state index contributed by atoms with van der Waals surface area (Å²) in [6, 6.07) is 16.4. The van der Waals surface area contributed by atoms with Gasteiger partial charge in [-0.05, 0) is 93.7 Å². The van der Waals surface area contributed by atoms with Gasteiger partial charge in [0.2, 0.25) is 11.6 Å². The number of carboxylic acids is 1. The molecule has 5 rings (SSSR count). The van der Waals surface area contributed by atoms with E-state index in [1.807, 2.05) is 24.3 Å². The van der Waals surface area contributed by atoms with Crippen molar-refractivity contribution >= 4 is 49.2 Å². The zero-order chi connectivity index (χ0) is 44.6. The van der Waals surface area contributed by atoms with Gasteiger partial charge in [0.1, 0.15) is 18.9 Å². The fourth-order valence-corrected chi connectivity index (χ4v) is 9.77. The van der Waals surface area contributed by atoms with Crippen LogP contribution in [0.3, 0.4) is 0 Å². The highest BCUT2D eigenvalue weighted by atomic mass is 32.2. The number of nitrogens with zero attached hydrogens (tertiary/aromatic N) is 3. The Kier molecular flexibility index (Phi) is 15.6. The smallest absolute Gasteiger partial charge is 0.303 e. The van der Waals surface area contributed by atoms with Crippen molar-refractivity contribution in [1.82, 2.24) is 4.90 Å². The number of ether oxygens (including phenoxy) is 1. The van der Waals surface area contributed by atoms with E-state index in [9.17, 15) is 35.5 Å². The van der Waals surface area contributed by atoms with Crippen LogP contribution in [0, 0.1) is 0 Å². The van der Waals surface area contributed by atoms with E-state index in [1.165, 1.54) is 0 Å². The number of carboxylic acid groups (broad SMARTS) is 1. The number of amides is 1. The number of likely N-dealkylation sites (N-methyl/N-ethyl adjacent to an activating group) is 1. The van der Waals surface area contributed by atoms with E-state index in [4.69, 9.17) is 9.84 Å². The molecular weight excluding hydrogens is 819 g/mol. The molecule has 13 nitrogen and oxygen atoms in total. The van der Waals surface area contributed by atoms with Crippen LogP contribution < -0.4 is 4.90 Å². The molecule has 2 heterocycles. The van der Waals surface area contributed by atoms with Crippen molar-refractivity contribution < 1.29 is 49.9 Å². The van der Waals surface area contributed by atoms with Crippen molar-refractivity contribution in [3.63, 3.8) is 0 Å². The first-order valence-corrected chi connectivity index (χ1v) is 24.4. The van der Waals surface area contributed by atoms with Crippen molar-refractivity contribution in [2.24, 2.45) is 0 Å². The third-order valence-corrected chi connectivity index (χ3v) is 13.5. The van der Waals surface area contributed by atoms with Gasteiger partial charge < -0.3 is 19.6 Å². The van der Waals surface area contributed by atoms with Gasteiger partial charge in [-0.3, -0.25) is 18.7 Å². The largest absolute Gasteiger partial charge is 0.491 e. The highest BCUT2D eigenvalue weighted by Crippen LogP contribution is 2.48. The van der Waals surface area contributed by atoms with E-state index in [0.717, 1.165) is 70.1 Å². The second-order valence-electron chi connectivity index (χ2n) is 17.2. The SMILES string of the molecule is CN(CCOC1=C(/C=C/C2=[N+](CCCCS(=O)(=O)O)c3ccccc3C2(C)C)CCC/C1=C\C=C1\N(CCCCS(=O)(=O)O)c2ccccc2C1(C)C)C(=O)CCCC(=O)O. The number of hydrogen-bond donors (Lipinski definition) is 3. The lowest BCUT2D eigenvalue weighted by atomic mass is 9.81. The van der Waals surface area contributed by atoms with Crippen LogP contribution in [0.2, 0.25) is 0 Å². The molecular formula is C46H62N3O10S2+. The van der Waals surface area contributed by atoms with Gasteiger partial charge >= 0.3 is 5.97 Å². The number of fused-ring (bicyclic) bond motifs is 2. The van der Waals surface area contributed by atoms with Crippen LogP contribution in [0.4, 0.5) is 11.4 Å². The summed E-state index contributed by atoms with van der Waals surface area (Å²) in [4.78, 5) is 27.6. The van der Waals surface area contributed by atoms with Crippen LogP contribution >= 0.6 is 0 Å². The third-order valence-electron chi connectivity index (χ3n) is 11.9. The van der Waals surface area contributed by atoms with Crippen LogP contribution in [-0.4, -0.2) is 103 Å². The van der Waals surface area contributed by atoms with E-state index >= 15 is 0 Å². The minimum atomic E-state index is -4.07. The third kappa shape index (κ3) is 12.3. The maximum absolute atomic E-state index is 12.8. The van der Waals surface area contributed by atoms with Gasteiger partial charge in [0.05, 0.1) is 23.5 Å². The quantitative estimate of drug-likeness (QED) is 0.0634. The van der Waals surface area contributed by atoms with Gasteiger partial charge in [-0.25, -0.2) is 0 Å². The minimum absolute atomic E-state index is 0.0743. The van der Waals surface area contributed by atoms with Crippen LogP contribution in [0.5, 0.6) is 0 Å². The van der Waals surface area contributed by atoms with Crippen molar-refractivity contribution in [1.29, 1.82) is 0 Å². The molecule has 0 saturated carbocycles. The Hall–Kier alpha value is -4.57. The number of benzene rings is 2. The number of rotatable bonds is 21. The first kappa shape index (κ1) is 47.5. The summed E-state index contributed by atoms with van der Waals surface area (Å²) in [6.45, 7) is 10.3. The van der Waals surface area contributed by atoms with Crippen molar-refractivity contribution in [3.05, 3.63) is 107 Å². The van der Waals surface area contributed by atoms with Gasteiger partial charge in [0, 0.05) is 67.4 Å². The van der Waals surface area contributed by atoms with E-state index in [-0.39, 0.29) is 54.1 Å². The summed E-state index contributed by atoms with van der Waals surface area (Å²) in [7, 11) is -6.44. The number of carbonyl (C=O) groups is 2. The number of allylic oxidation sites excluding steroid dienone is 7. The van der Waals surface area contributed by atoms with E-state index in [0.29, 0.717) is 45.3 Å². The van der Waals surface area contributed by atoms with Crippen molar-refractivity contribution in [2.75, 3.05) is 49.7 Å². The molecule has 0 radical (unpaired) electrons. The van der Waals surface area contributed by atoms with Crippen LogP contribution in [0.1, 0.15) is 103 Å². The van der Waals surface area contributed by atoms with Gasteiger partial charge in [0.15, 0.2) is 5.71 Å². The number of unbranched alkanes of at least 4 members (excludes halogenated alkanes) is 2. The summed E-state index contributed by atoms with van der Waals surface area (Å²) in [6.07, 6.45) is 12.9. The average Bonchev–Trinajstić information content (AvgIpc) is 3.53. The molecule has 0 spiro atoms. The second kappa shape index (κ2) is 20.1. The summed E-state index contributed by atoms with van der Waals surface area (Å²) in [5.74, 6) is -0.958. The topological polar surface area (TPSA) is 182 Å². The Balaban J connectivity index is 1.52. The summed E-state index contributed by atoms with van der Waals surface area (Å²) >= 11 is 0. The fourth-order valence-electron chi connectivity index (χ4n) is 8.63. The zero-order valence-electron chi connectivity index (χ0n) is 36.1. The number of aliphatic carboxylic acids is 1. The van der Waals surface area contributed by atoms with Gasteiger partial charge in [-0.1, -0.05) is 56.3 Å². The summed E-state index contributed by atoms with van der Waals surface area (Å²) in [5, 5.41) is 9.03. The van der Waals surface area contributed by atoms with Crippen LogP contribution in [0.25, 0.3) is 0 Å². The fraction of sp³-hybridized carbons (Fsp3) is 0.500. The molecule has 0 atom stereocenters. The molecule has 3 aliphatic rings. The first-order chi connectivity index (χ1) is 28.7. The molecule has 61 heavy (non-hydrogen) atoms. The number of hydrogen-bond acceptors (Lipinski definition) is 8. The lowest BCUT2D eigenvalue weighted by Gasteiger charge is -2.28. The normalized spacial score (nSPS) is 18.6.